The second-order valence-corrected chi connectivity index (χ2v) is 3.36. The number of hydrogen-bond donors (Lipinski definition) is 1. The SMILES string of the molecule is O=S([O-])c1cccc2c[nH]cc12. The van der Waals surface area contributed by atoms with Gasteiger partial charge in [0, 0.05) is 28.1 Å². The summed E-state index contributed by atoms with van der Waals surface area (Å²) in [5, 5.41) is 1.66. The maximum absolute atomic E-state index is 10.7. The molecule has 0 saturated carbocycles. The van der Waals surface area contributed by atoms with Gasteiger partial charge in [-0.05, 0) is 17.1 Å². The lowest BCUT2D eigenvalue weighted by Gasteiger charge is -2.05. The molecular weight excluding hydrogens is 174 g/mol. The first kappa shape index (κ1) is 7.52. The maximum Gasteiger partial charge on any atom is 0.0342 e. The highest BCUT2D eigenvalue weighted by atomic mass is 32.2. The third-order valence-electron chi connectivity index (χ3n) is 1.75. The highest BCUT2D eigenvalue weighted by molar-refractivity contribution is 7.79. The van der Waals surface area contributed by atoms with Crippen molar-refractivity contribution in [2.75, 3.05) is 0 Å². The molecule has 4 heteroatoms. The first-order valence-electron chi connectivity index (χ1n) is 3.44. The van der Waals surface area contributed by atoms with E-state index in [1.54, 1.807) is 24.5 Å². The van der Waals surface area contributed by atoms with Crippen LogP contribution in [0.5, 0.6) is 0 Å². The molecule has 1 aromatic heterocycles. The van der Waals surface area contributed by atoms with Crippen LogP contribution in [0.3, 0.4) is 0 Å². The van der Waals surface area contributed by atoms with Crippen molar-refractivity contribution in [2.45, 2.75) is 4.90 Å². The molecule has 0 aliphatic carbocycles. The van der Waals surface area contributed by atoms with E-state index in [2.05, 4.69) is 4.98 Å². The molecule has 1 N–H and O–H groups in total. The Kier molecular flexibility index (Phi) is 1.71. The lowest BCUT2D eigenvalue weighted by molar-refractivity contribution is 0.538. The van der Waals surface area contributed by atoms with Gasteiger partial charge in [0.25, 0.3) is 0 Å². The number of nitrogens with one attached hydrogen (secondary N) is 1. The quantitative estimate of drug-likeness (QED) is 0.674. The summed E-state index contributed by atoms with van der Waals surface area (Å²) < 4.78 is 21.4. The molecule has 0 aliphatic heterocycles. The molecule has 0 fully saturated rings. The van der Waals surface area contributed by atoms with E-state index in [4.69, 9.17) is 0 Å². The van der Waals surface area contributed by atoms with Crippen LogP contribution in [-0.4, -0.2) is 13.7 Å². The zero-order valence-corrected chi connectivity index (χ0v) is 6.93. The van der Waals surface area contributed by atoms with Crippen LogP contribution in [0.1, 0.15) is 0 Å². The van der Waals surface area contributed by atoms with Crippen molar-refractivity contribution in [3.05, 3.63) is 30.6 Å². The van der Waals surface area contributed by atoms with Crippen molar-refractivity contribution in [1.82, 2.24) is 4.98 Å². The van der Waals surface area contributed by atoms with Crippen LogP contribution in [-0.2, 0) is 11.1 Å². The maximum atomic E-state index is 10.7. The summed E-state index contributed by atoms with van der Waals surface area (Å²) in [7, 11) is 0. The molecule has 1 heterocycles. The molecule has 2 aromatic rings. The topological polar surface area (TPSA) is 55.9 Å². The number of aromatic amines is 1. The van der Waals surface area contributed by atoms with E-state index in [-0.39, 0.29) is 0 Å². The second kappa shape index (κ2) is 2.73. The molecule has 0 bridgehead atoms. The van der Waals surface area contributed by atoms with Crippen LogP contribution >= 0.6 is 0 Å². The molecule has 0 radical (unpaired) electrons. The summed E-state index contributed by atoms with van der Waals surface area (Å²) >= 11 is -2.15. The van der Waals surface area contributed by atoms with E-state index in [0.717, 1.165) is 10.8 Å². The Morgan fingerprint density at radius 2 is 2.17 bits per heavy atom. The Bertz CT molecular complexity index is 435. The average Bonchev–Trinajstić information content (AvgIpc) is 2.49. The van der Waals surface area contributed by atoms with Crippen molar-refractivity contribution in [3.63, 3.8) is 0 Å². The zero-order valence-electron chi connectivity index (χ0n) is 6.11. The van der Waals surface area contributed by atoms with Gasteiger partial charge in [-0.25, -0.2) is 0 Å². The third kappa shape index (κ3) is 1.05. The highest BCUT2D eigenvalue weighted by Crippen LogP contribution is 2.19. The van der Waals surface area contributed by atoms with E-state index in [1.807, 2.05) is 6.07 Å². The monoisotopic (exact) mass is 180 g/mol. The average molecular weight is 180 g/mol. The molecule has 1 atom stereocenters. The molecular formula is C8H6NO2S-. The standard InChI is InChI=1S/C8H7NO2S/c10-12(11)8-3-1-2-6-4-9-5-7(6)8/h1-5,9H,(H,10,11)/p-1. The van der Waals surface area contributed by atoms with Crippen LogP contribution in [0.2, 0.25) is 0 Å². The van der Waals surface area contributed by atoms with Crippen molar-refractivity contribution in [1.29, 1.82) is 0 Å². The molecule has 0 aliphatic rings. The van der Waals surface area contributed by atoms with Gasteiger partial charge in [-0.15, -0.1) is 0 Å². The van der Waals surface area contributed by atoms with Crippen LogP contribution in [0.15, 0.2) is 35.5 Å². The summed E-state index contributed by atoms with van der Waals surface area (Å²) in [4.78, 5) is 3.20. The largest absolute Gasteiger partial charge is 0.768 e. The van der Waals surface area contributed by atoms with Gasteiger partial charge in [0.2, 0.25) is 0 Å². The molecule has 1 aromatic carbocycles. The lowest BCUT2D eigenvalue weighted by Crippen LogP contribution is -1.87. The van der Waals surface area contributed by atoms with Gasteiger partial charge in [0.15, 0.2) is 0 Å². The summed E-state index contributed by atoms with van der Waals surface area (Å²) in [6.45, 7) is 0. The van der Waals surface area contributed by atoms with E-state index < -0.39 is 11.1 Å². The Morgan fingerprint density at radius 3 is 2.92 bits per heavy atom. The van der Waals surface area contributed by atoms with Crippen LogP contribution < -0.4 is 0 Å². The summed E-state index contributed by atoms with van der Waals surface area (Å²) in [5.74, 6) is 0. The number of H-pyrrole nitrogens is 1. The van der Waals surface area contributed by atoms with Crippen molar-refractivity contribution in [2.24, 2.45) is 0 Å². The fraction of sp³-hybridized carbons (Fsp3) is 0. The molecule has 3 nitrogen and oxygen atoms in total. The summed E-state index contributed by atoms with van der Waals surface area (Å²) in [6.07, 6.45) is 3.45. The molecule has 0 saturated heterocycles. The lowest BCUT2D eigenvalue weighted by atomic mass is 10.2. The zero-order chi connectivity index (χ0) is 8.55. The van der Waals surface area contributed by atoms with Crippen molar-refractivity contribution in [3.8, 4) is 0 Å². The first-order chi connectivity index (χ1) is 5.79. The normalized spacial score (nSPS) is 13.4. The number of benzene rings is 1. The molecule has 62 valence electrons. The third-order valence-corrected chi connectivity index (χ3v) is 2.46. The van der Waals surface area contributed by atoms with E-state index in [9.17, 15) is 8.76 Å². The van der Waals surface area contributed by atoms with E-state index >= 15 is 0 Å². The molecule has 2 rings (SSSR count). The number of rotatable bonds is 1. The van der Waals surface area contributed by atoms with Gasteiger partial charge < -0.3 is 9.54 Å². The predicted octanol–water partition coefficient (Wildman–Crippen LogP) is 1.41. The molecule has 0 amide bonds. The Labute approximate surface area is 71.7 Å². The highest BCUT2D eigenvalue weighted by Gasteiger charge is 1.99. The minimum Gasteiger partial charge on any atom is -0.768 e. The molecule has 12 heavy (non-hydrogen) atoms. The smallest absolute Gasteiger partial charge is 0.0342 e. The molecule has 1 unspecified atom stereocenters. The fourth-order valence-corrected chi connectivity index (χ4v) is 1.75. The summed E-state index contributed by atoms with van der Waals surface area (Å²) in [6, 6.07) is 5.17. The van der Waals surface area contributed by atoms with Gasteiger partial charge in [0.1, 0.15) is 0 Å². The van der Waals surface area contributed by atoms with Crippen LogP contribution in [0.25, 0.3) is 10.8 Å². The van der Waals surface area contributed by atoms with Gasteiger partial charge >= 0.3 is 0 Å². The van der Waals surface area contributed by atoms with Crippen molar-refractivity contribution >= 4 is 21.9 Å². The Hall–Kier alpha value is -1.13. The van der Waals surface area contributed by atoms with Gasteiger partial charge in [-0.2, -0.15) is 0 Å². The number of aromatic nitrogens is 1. The van der Waals surface area contributed by atoms with E-state index in [0.29, 0.717) is 4.90 Å². The fourth-order valence-electron chi connectivity index (χ4n) is 1.20. The van der Waals surface area contributed by atoms with Crippen molar-refractivity contribution < 1.29 is 8.76 Å². The minimum atomic E-state index is -2.15. The van der Waals surface area contributed by atoms with Crippen LogP contribution in [0.4, 0.5) is 0 Å². The minimum absolute atomic E-state index is 0.341. The first-order valence-corrected chi connectivity index (χ1v) is 4.51. The number of hydrogen-bond acceptors (Lipinski definition) is 2. The molecule has 0 spiro atoms. The Morgan fingerprint density at radius 1 is 1.33 bits per heavy atom. The van der Waals surface area contributed by atoms with Crippen LogP contribution in [0, 0.1) is 0 Å². The number of fused-ring (bicyclic) bond motifs is 1. The van der Waals surface area contributed by atoms with E-state index in [1.165, 1.54) is 0 Å². The van der Waals surface area contributed by atoms with Gasteiger partial charge in [-0.1, -0.05) is 12.1 Å². The van der Waals surface area contributed by atoms with Gasteiger partial charge in [-0.3, -0.25) is 4.21 Å². The van der Waals surface area contributed by atoms with Gasteiger partial charge in [0.05, 0.1) is 0 Å². The Balaban J connectivity index is 2.82. The predicted molar refractivity (Wildman–Crippen MR) is 45.5 cm³/mol. The summed E-state index contributed by atoms with van der Waals surface area (Å²) in [5.41, 5.74) is 0. The second-order valence-electron chi connectivity index (χ2n) is 2.45.